The summed E-state index contributed by atoms with van der Waals surface area (Å²) in [6, 6.07) is 6.69. The Labute approximate surface area is 152 Å². The highest BCUT2D eigenvalue weighted by atomic mass is 79.9. The Morgan fingerprint density at radius 2 is 1.88 bits per heavy atom. The fraction of sp³-hybridized carbons (Fsp3) is 0.533. The molecule has 1 amide bonds. The van der Waals surface area contributed by atoms with Gasteiger partial charge in [0.05, 0.1) is 6.54 Å². The van der Waals surface area contributed by atoms with Crippen molar-refractivity contribution in [2.75, 3.05) is 13.1 Å². The molecule has 2 atom stereocenters. The zero-order valence-corrected chi connectivity index (χ0v) is 15.3. The topological polar surface area (TPSA) is 66.6 Å². The molecule has 0 spiro atoms. The second kappa shape index (κ2) is 7.19. The first-order valence-corrected chi connectivity index (χ1v) is 7.90. The van der Waals surface area contributed by atoms with E-state index in [0.29, 0.717) is 5.56 Å². The predicted octanol–water partition coefficient (Wildman–Crippen LogP) is 2.96. The fourth-order valence-corrected chi connectivity index (χ4v) is 2.95. The van der Waals surface area contributed by atoms with E-state index < -0.39 is 36.2 Å². The Kier molecular flexibility index (Phi) is 6.36. The van der Waals surface area contributed by atoms with Crippen molar-refractivity contribution >= 4 is 34.2 Å². The number of likely N-dealkylation sites (tertiary alicyclic amines) is 1. The van der Waals surface area contributed by atoms with E-state index in [1.54, 1.807) is 24.3 Å². The summed E-state index contributed by atoms with van der Waals surface area (Å²) < 4.78 is 39.8. The zero-order chi connectivity index (χ0) is 17.5. The van der Waals surface area contributed by atoms with Crippen LogP contribution in [0.5, 0.6) is 0 Å². The van der Waals surface area contributed by atoms with Gasteiger partial charge in [-0.15, -0.1) is 12.4 Å². The lowest BCUT2D eigenvalue weighted by Crippen LogP contribution is -2.61. The molecule has 2 unspecified atom stereocenters. The summed E-state index contributed by atoms with van der Waals surface area (Å²) >= 11 is 3.27. The molecule has 0 saturated carbocycles. The minimum atomic E-state index is -4.78. The van der Waals surface area contributed by atoms with Gasteiger partial charge in [-0.05, 0) is 37.5 Å². The smallest absolute Gasteiger partial charge is 0.379 e. The Bertz CT molecular complexity index is 595. The predicted molar refractivity (Wildman–Crippen MR) is 89.7 cm³/mol. The van der Waals surface area contributed by atoms with E-state index in [4.69, 9.17) is 5.73 Å². The van der Waals surface area contributed by atoms with Gasteiger partial charge in [0, 0.05) is 11.0 Å². The zero-order valence-electron chi connectivity index (χ0n) is 12.9. The number of nitrogens with two attached hydrogens (primary N) is 1. The van der Waals surface area contributed by atoms with Gasteiger partial charge >= 0.3 is 6.18 Å². The molecular formula is C15H19BrClF3N2O2. The fourth-order valence-electron chi connectivity index (χ4n) is 2.69. The minimum Gasteiger partial charge on any atom is -0.379 e. The molecule has 0 radical (unpaired) electrons. The molecular weight excluding hydrogens is 413 g/mol. The van der Waals surface area contributed by atoms with Crippen LogP contribution >= 0.6 is 28.3 Å². The van der Waals surface area contributed by atoms with E-state index in [0.717, 1.165) is 9.37 Å². The van der Waals surface area contributed by atoms with Crippen molar-refractivity contribution in [1.82, 2.24) is 4.90 Å². The van der Waals surface area contributed by atoms with E-state index in [2.05, 4.69) is 15.9 Å². The van der Waals surface area contributed by atoms with Gasteiger partial charge in [0.2, 0.25) is 5.91 Å². The van der Waals surface area contributed by atoms with Gasteiger partial charge in [0.25, 0.3) is 0 Å². The molecule has 1 aliphatic rings. The van der Waals surface area contributed by atoms with Gasteiger partial charge in [-0.2, -0.15) is 13.2 Å². The molecule has 3 N–H and O–H groups in total. The monoisotopic (exact) mass is 430 g/mol. The highest BCUT2D eigenvalue weighted by Gasteiger charge is 2.56. The first-order valence-electron chi connectivity index (χ1n) is 7.11. The number of piperidine rings is 1. The average Bonchev–Trinajstić information content (AvgIpc) is 2.46. The molecule has 9 heteroatoms. The Balaban J connectivity index is 0.00000288. The number of hydrogen-bond acceptors (Lipinski definition) is 3. The lowest BCUT2D eigenvalue weighted by atomic mass is 9.87. The van der Waals surface area contributed by atoms with Crippen molar-refractivity contribution in [3.63, 3.8) is 0 Å². The second-order valence-electron chi connectivity index (χ2n) is 6.07. The number of nitrogens with zero attached hydrogens (tertiary/aromatic N) is 1. The van der Waals surface area contributed by atoms with Gasteiger partial charge in [-0.25, -0.2) is 0 Å². The van der Waals surface area contributed by atoms with Crippen molar-refractivity contribution in [2.45, 2.75) is 37.1 Å². The van der Waals surface area contributed by atoms with Gasteiger partial charge < -0.3 is 15.7 Å². The van der Waals surface area contributed by atoms with E-state index >= 15 is 0 Å². The number of carbonyl (C=O) groups excluding carboxylic acids is 1. The number of hydrogen-bond donors (Lipinski definition) is 2. The van der Waals surface area contributed by atoms with Crippen LogP contribution in [0.4, 0.5) is 13.2 Å². The quantitative estimate of drug-likeness (QED) is 0.757. The molecule has 1 aliphatic heterocycles. The van der Waals surface area contributed by atoms with E-state index in [-0.39, 0.29) is 25.4 Å². The van der Waals surface area contributed by atoms with Crippen LogP contribution in [-0.2, 0) is 10.3 Å². The second-order valence-corrected chi connectivity index (χ2v) is 6.98. The third-order valence-electron chi connectivity index (χ3n) is 4.17. The third kappa shape index (κ3) is 4.04. The molecule has 1 heterocycles. The van der Waals surface area contributed by atoms with E-state index in [9.17, 15) is 23.1 Å². The third-order valence-corrected chi connectivity index (χ3v) is 4.70. The Morgan fingerprint density at radius 3 is 2.38 bits per heavy atom. The molecule has 4 nitrogen and oxygen atoms in total. The molecule has 1 fully saturated rings. The molecule has 1 aromatic rings. The van der Waals surface area contributed by atoms with Gasteiger partial charge in [0.1, 0.15) is 5.54 Å². The summed E-state index contributed by atoms with van der Waals surface area (Å²) in [4.78, 5) is 13.6. The van der Waals surface area contributed by atoms with E-state index in [1.807, 2.05) is 0 Å². The van der Waals surface area contributed by atoms with Crippen molar-refractivity contribution in [3.8, 4) is 0 Å². The van der Waals surface area contributed by atoms with Crippen molar-refractivity contribution < 1.29 is 23.1 Å². The number of alkyl halides is 3. The normalized spacial score (nSPS) is 24.0. The minimum absolute atomic E-state index is 0. The van der Waals surface area contributed by atoms with E-state index in [1.165, 1.54) is 6.92 Å². The number of benzene rings is 1. The maximum atomic E-state index is 13.0. The molecule has 0 aliphatic carbocycles. The summed E-state index contributed by atoms with van der Waals surface area (Å²) in [5.41, 5.74) is 2.24. The maximum absolute atomic E-state index is 13.0. The van der Waals surface area contributed by atoms with Crippen LogP contribution in [-0.4, -0.2) is 40.8 Å². The molecule has 0 aromatic heterocycles. The van der Waals surface area contributed by atoms with Crippen LogP contribution < -0.4 is 5.73 Å². The average molecular weight is 432 g/mol. The summed E-state index contributed by atoms with van der Waals surface area (Å²) in [6.45, 7) is 0.805. The summed E-state index contributed by atoms with van der Waals surface area (Å²) in [6.07, 6.45) is -5.13. The first-order chi connectivity index (χ1) is 10.5. The van der Waals surface area contributed by atoms with Crippen molar-refractivity contribution in [1.29, 1.82) is 0 Å². The highest BCUT2D eigenvalue weighted by Crippen LogP contribution is 2.38. The number of halogens is 5. The summed E-state index contributed by atoms with van der Waals surface area (Å²) in [5.74, 6) is -0.637. The molecule has 24 heavy (non-hydrogen) atoms. The van der Waals surface area contributed by atoms with Gasteiger partial charge in [-0.3, -0.25) is 4.79 Å². The van der Waals surface area contributed by atoms with Gasteiger partial charge in [-0.1, -0.05) is 28.1 Å². The Hall–Kier alpha value is -0.830. The van der Waals surface area contributed by atoms with Crippen molar-refractivity contribution in [2.24, 2.45) is 5.73 Å². The number of aliphatic hydroxyl groups is 1. The van der Waals surface area contributed by atoms with Gasteiger partial charge in [0.15, 0.2) is 5.60 Å². The summed E-state index contributed by atoms with van der Waals surface area (Å²) in [5, 5.41) is 9.83. The Morgan fingerprint density at radius 1 is 1.33 bits per heavy atom. The largest absolute Gasteiger partial charge is 0.418 e. The maximum Gasteiger partial charge on any atom is 0.418 e. The molecule has 0 bridgehead atoms. The lowest BCUT2D eigenvalue weighted by molar-refractivity contribution is -0.273. The van der Waals surface area contributed by atoms with Crippen LogP contribution in [0.1, 0.15) is 25.3 Å². The lowest BCUT2D eigenvalue weighted by Gasteiger charge is -2.42. The number of amides is 1. The standard InChI is InChI=1S/C15H18BrF3N2O2.ClH/c1-13(20,10-3-5-11(16)6-4-10)12(22)21-8-2-7-14(23,9-21)15(17,18)19;/h3-6,23H,2,7-9,20H2,1H3;1H. The molecule has 2 rings (SSSR count). The molecule has 1 saturated heterocycles. The molecule has 1 aromatic carbocycles. The van der Waals surface area contributed by atoms with Crippen molar-refractivity contribution in [3.05, 3.63) is 34.3 Å². The SMILES string of the molecule is CC(N)(C(=O)N1CCCC(O)(C(F)(F)F)C1)c1ccc(Br)cc1.Cl. The first kappa shape index (κ1) is 21.2. The van der Waals surface area contributed by atoms with Crippen LogP contribution in [0, 0.1) is 0 Å². The van der Waals surface area contributed by atoms with Crippen LogP contribution in [0.15, 0.2) is 28.7 Å². The van der Waals surface area contributed by atoms with Crippen LogP contribution in [0.2, 0.25) is 0 Å². The van der Waals surface area contributed by atoms with Crippen LogP contribution in [0.25, 0.3) is 0 Å². The number of β-amino-alcohol motifs (C(OH)–C–C–N with tert-alkyl or cyclic N) is 1. The number of carbonyl (C=O) groups is 1. The number of rotatable bonds is 2. The molecule has 136 valence electrons. The highest BCUT2D eigenvalue weighted by molar-refractivity contribution is 9.10. The van der Waals surface area contributed by atoms with Crippen LogP contribution in [0.3, 0.4) is 0 Å². The summed E-state index contributed by atoms with van der Waals surface area (Å²) in [7, 11) is 0.